The summed E-state index contributed by atoms with van der Waals surface area (Å²) in [4.78, 5) is 0. The van der Waals surface area contributed by atoms with Crippen molar-refractivity contribution in [2.24, 2.45) is 11.7 Å². The predicted octanol–water partition coefficient (Wildman–Crippen LogP) is 3.98. The second kappa shape index (κ2) is 5.79. The fourth-order valence-corrected chi connectivity index (χ4v) is 3.11. The van der Waals surface area contributed by atoms with Crippen LogP contribution in [0.15, 0.2) is 18.2 Å². The van der Waals surface area contributed by atoms with Crippen molar-refractivity contribution in [2.75, 3.05) is 0 Å². The van der Waals surface area contributed by atoms with Crippen LogP contribution < -0.4 is 5.73 Å². The lowest BCUT2D eigenvalue weighted by Crippen LogP contribution is -2.35. The van der Waals surface area contributed by atoms with Gasteiger partial charge < -0.3 is 5.73 Å². The minimum Gasteiger partial charge on any atom is -0.327 e. The molecule has 0 saturated heterocycles. The molecule has 3 atom stereocenters. The van der Waals surface area contributed by atoms with E-state index in [9.17, 15) is 8.78 Å². The predicted molar refractivity (Wildman–Crippen MR) is 69.3 cm³/mol. The fraction of sp³-hybridized carbons (Fsp3) is 0.600. The number of hydrogen-bond donors (Lipinski definition) is 1. The van der Waals surface area contributed by atoms with Crippen LogP contribution in [-0.2, 0) is 0 Å². The molecule has 1 aromatic rings. The molecule has 1 saturated carbocycles. The van der Waals surface area contributed by atoms with E-state index in [1.54, 1.807) is 6.07 Å². The first kappa shape index (κ1) is 13.5. The van der Waals surface area contributed by atoms with Crippen molar-refractivity contribution in [3.05, 3.63) is 35.4 Å². The summed E-state index contributed by atoms with van der Waals surface area (Å²) in [6.45, 7) is 2.17. The lowest BCUT2D eigenvalue weighted by atomic mass is 9.73. The van der Waals surface area contributed by atoms with E-state index in [0.29, 0.717) is 11.5 Å². The quantitative estimate of drug-likeness (QED) is 0.866. The molecule has 100 valence electrons. The van der Waals surface area contributed by atoms with Crippen molar-refractivity contribution in [1.29, 1.82) is 0 Å². The number of hydrogen-bond acceptors (Lipinski definition) is 1. The molecule has 18 heavy (non-hydrogen) atoms. The zero-order valence-corrected chi connectivity index (χ0v) is 10.8. The third-order valence-electron chi connectivity index (χ3n) is 4.07. The molecule has 2 rings (SSSR count). The molecule has 0 aromatic heterocycles. The fourth-order valence-electron chi connectivity index (χ4n) is 3.11. The van der Waals surface area contributed by atoms with E-state index in [4.69, 9.17) is 5.73 Å². The Balaban J connectivity index is 2.18. The van der Waals surface area contributed by atoms with Gasteiger partial charge in [0.05, 0.1) is 0 Å². The van der Waals surface area contributed by atoms with Gasteiger partial charge in [0.2, 0.25) is 0 Å². The van der Waals surface area contributed by atoms with Gasteiger partial charge in [0.25, 0.3) is 0 Å². The second-order valence-corrected chi connectivity index (χ2v) is 5.40. The van der Waals surface area contributed by atoms with E-state index in [2.05, 4.69) is 6.92 Å². The molecule has 1 aromatic carbocycles. The van der Waals surface area contributed by atoms with Gasteiger partial charge in [-0.25, -0.2) is 8.78 Å². The highest BCUT2D eigenvalue weighted by atomic mass is 19.1. The Morgan fingerprint density at radius 2 is 2.06 bits per heavy atom. The first-order chi connectivity index (χ1) is 8.61. The van der Waals surface area contributed by atoms with Crippen LogP contribution in [0.3, 0.4) is 0 Å². The van der Waals surface area contributed by atoms with E-state index in [1.807, 2.05) is 0 Å². The van der Waals surface area contributed by atoms with Gasteiger partial charge in [-0.3, -0.25) is 0 Å². The van der Waals surface area contributed by atoms with Crippen LogP contribution in [0.1, 0.15) is 50.5 Å². The monoisotopic (exact) mass is 253 g/mol. The zero-order valence-electron chi connectivity index (χ0n) is 10.8. The van der Waals surface area contributed by atoms with Gasteiger partial charge in [0.1, 0.15) is 11.6 Å². The molecule has 1 nitrogen and oxygen atoms in total. The third-order valence-corrected chi connectivity index (χ3v) is 4.07. The molecule has 0 aliphatic heterocycles. The number of nitrogens with two attached hydrogens (primary N) is 1. The van der Waals surface area contributed by atoms with Crippen LogP contribution >= 0.6 is 0 Å². The normalized spacial score (nSPS) is 28.3. The molecule has 3 heteroatoms. The van der Waals surface area contributed by atoms with Gasteiger partial charge in [-0.05, 0) is 36.8 Å². The van der Waals surface area contributed by atoms with Crippen molar-refractivity contribution in [3.63, 3.8) is 0 Å². The van der Waals surface area contributed by atoms with Crippen molar-refractivity contribution in [3.8, 4) is 0 Å². The van der Waals surface area contributed by atoms with Gasteiger partial charge >= 0.3 is 0 Å². The first-order valence-corrected chi connectivity index (χ1v) is 6.82. The smallest absolute Gasteiger partial charge is 0.129 e. The summed E-state index contributed by atoms with van der Waals surface area (Å²) in [7, 11) is 0. The number of rotatable bonds is 3. The molecule has 1 aliphatic rings. The molecular formula is C15H21F2N. The van der Waals surface area contributed by atoms with Gasteiger partial charge in [-0.1, -0.05) is 25.8 Å². The Labute approximate surface area is 107 Å². The molecular weight excluding hydrogens is 232 g/mol. The SMILES string of the molecule is CCCC1CCC(N)C(c2ccc(F)cc2F)C1. The zero-order chi connectivity index (χ0) is 13.1. The summed E-state index contributed by atoms with van der Waals surface area (Å²) in [5, 5.41) is 0. The maximum absolute atomic E-state index is 13.8. The Kier molecular flexibility index (Phi) is 4.33. The van der Waals surface area contributed by atoms with Gasteiger partial charge in [0.15, 0.2) is 0 Å². The third kappa shape index (κ3) is 2.89. The van der Waals surface area contributed by atoms with Gasteiger partial charge in [-0.2, -0.15) is 0 Å². The molecule has 1 aliphatic carbocycles. The van der Waals surface area contributed by atoms with Gasteiger partial charge in [0, 0.05) is 18.0 Å². The lowest BCUT2D eigenvalue weighted by molar-refractivity contribution is 0.270. The van der Waals surface area contributed by atoms with Crippen LogP contribution in [0.25, 0.3) is 0 Å². The van der Waals surface area contributed by atoms with Crippen molar-refractivity contribution in [1.82, 2.24) is 0 Å². The van der Waals surface area contributed by atoms with Crippen LogP contribution in [-0.4, -0.2) is 6.04 Å². The summed E-state index contributed by atoms with van der Waals surface area (Å²) in [5.74, 6) is -0.307. The molecule has 2 N–H and O–H groups in total. The summed E-state index contributed by atoms with van der Waals surface area (Å²) < 4.78 is 26.8. The van der Waals surface area contributed by atoms with Crippen molar-refractivity contribution >= 4 is 0 Å². The molecule has 0 amide bonds. The number of halogens is 2. The van der Waals surface area contributed by atoms with Crippen LogP contribution in [0, 0.1) is 17.6 Å². The number of benzene rings is 1. The van der Waals surface area contributed by atoms with Crippen molar-refractivity contribution in [2.45, 2.75) is 51.0 Å². The second-order valence-electron chi connectivity index (χ2n) is 5.40. The summed E-state index contributed by atoms with van der Waals surface area (Å²) >= 11 is 0. The molecule has 0 bridgehead atoms. The Hall–Kier alpha value is -0.960. The van der Waals surface area contributed by atoms with E-state index < -0.39 is 11.6 Å². The average Bonchev–Trinajstić information content (AvgIpc) is 2.33. The lowest BCUT2D eigenvalue weighted by Gasteiger charge is -2.34. The summed E-state index contributed by atoms with van der Waals surface area (Å²) in [5.41, 5.74) is 6.70. The highest BCUT2D eigenvalue weighted by Crippen LogP contribution is 2.38. The van der Waals surface area contributed by atoms with Crippen LogP contribution in [0.4, 0.5) is 8.78 Å². The maximum Gasteiger partial charge on any atom is 0.129 e. The summed E-state index contributed by atoms with van der Waals surface area (Å²) in [6, 6.07) is 3.85. The highest BCUT2D eigenvalue weighted by molar-refractivity contribution is 5.25. The van der Waals surface area contributed by atoms with E-state index >= 15 is 0 Å². The average molecular weight is 253 g/mol. The minimum atomic E-state index is -0.522. The molecule has 3 unspecified atom stereocenters. The van der Waals surface area contributed by atoms with Gasteiger partial charge in [-0.15, -0.1) is 0 Å². The summed E-state index contributed by atoms with van der Waals surface area (Å²) in [6.07, 6.45) is 5.32. The standard InChI is InChI=1S/C15H21F2N/c1-2-3-10-4-7-15(18)13(8-10)12-6-5-11(16)9-14(12)17/h5-6,9-10,13,15H,2-4,7-8,18H2,1H3. The van der Waals surface area contributed by atoms with Crippen molar-refractivity contribution < 1.29 is 8.78 Å². The Morgan fingerprint density at radius 1 is 1.28 bits per heavy atom. The molecule has 0 heterocycles. The van der Waals surface area contributed by atoms with E-state index in [0.717, 1.165) is 31.7 Å². The molecule has 0 spiro atoms. The highest BCUT2D eigenvalue weighted by Gasteiger charge is 2.30. The maximum atomic E-state index is 13.8. The Bertz CT molecular complexity index is 405. The van der Waals surface area contributed by atoms with E-state index in [1.165, 1.54) is 12.5 Å². The van der Waals surface area contributed by atoms with E-state index in [-0.39, 0.29) is 12.0 Å². The minimum absolute atomic E-state index is 0.00179. The largest absolute Gasteiger partial charge is 0.327 e. The topological polar surface area (TPSA) is 26.0 Å². The molecule has 1 fully saturated rings. The van der Waals surface area contributed by atoms with Crippen LogP contribution in [0.2, 0.25) is 0 Å². The van der Waals surface area contributed by atoms with Crippen LogP contribution in [0.5, 0.6) is 0 Å². The first-order valence-electron chi connectivity index (χ1n) is 6.82. The Morgan fingerprint density at radius 3 is 2.72 bits per heavy atom. The molecule has 0 radical (unpaired) electrons.